The molecule has 2 aliphatic rings. The molecule has 1 N–H and O–H groups in total. The van der Waals surface area contributed by atoms with Gasteiger partial charge < -0.3 is 14.8 Å². The largest absolute Gasteiger partial charge is 0.454 e. The summed E-state index contributed by atoms with van der Waals surface area (Å²) in [6.45, 7) is 2.21. The maximum absolute atomic E-state index is 11.6. The fourth-order valence-electron chi connectivity index (χ4n) is 1.76. The molecular weight excluding hydrogens is 206 g/mol. The van der Waals surface area contributed by atoms with Crippen molar-refractivity contribution >= 4 is 11.6 Å². The molecule has 84 valence electrons. The van der Waals surface area contributed by atoms with E-state index in [0.29, 0.717) is 5.75 Å². The van der Waals surface area contributed by atoms with Crippen LogP contribution in [0.1, 0.15) is 18.4 Å². The van der Waals surface area contributed by atoms with E-state index in [1.165, 1.54) is 0 Å². The summed E-state index contributed by atoms with van der Waals surface area (Å²) in [6, 6.07) is 3.72. The van der Waals surface area contributed by atoms with Gasteiger partial charge in [-0.1, -0.05) is 0 Å². The summed E-state index contributed by atoms with van der Waals surface area (Å²) in [5.41, 5.74) is 1.82. The molecule has 0 bridgehead atoms. The molecule has 1 amide bonds. The number of fused-ring (bicyclic) bond motifs is 1. The van der Waals surface area contributed by atoms with E-state index in [9.17, 15) is 4.79 Å². The van der Waals surface area contributed by atoms with Gasteiger partial charge in [-0.2, -0.15) is 0 Å². The zero-order valence-corrected chi connectivity index (χ0v) is 9.08. The van der Waals surface area contributed by atoms with E-state index in [4.69, 9.17) is 9.47 Å². The van der Waals surface area contributed by atoms with Crippen LogP contribution in [-0.2, 0) is 4.79 Å². The van der Waals surface area contributed by atoms with Crippen molar-refractivity contribution in [2.75, 3.05) is 12.1 Å². The van der Waals surface area contributed by atoms with Gasteiger partial charge in [0.15, 0.2) is 11.5 Å². The number of carbonyl (C=O) groups excluding carboxylic acids is 1. The number of benzene rings is 1. The Morgan fingerprint density at radius 2 is 2.00 bits per heavy atom. The minimum atomic E-state index is 0.113. The van der Waals surface area contributed by atoms with Crippen molar-refractivity contribution < 1.29 is 14.3 Å². The summed E-state index contributed by atoms with van der Waals surface area (Å²) < 4.78 is 10.5. The second-order valence-corrected chi connectivity index (χ2v) is 4.28. The Balaban J connectivity index is 1.85. The zero-order valence-electron chi connectivity index (χ0n) is 9.08. The van der Waals surface area contributed by atoms with Crippen LogP contribution in [0.2, 0.25) is 0 Å². The van der Waals surface area contributed by atoms with Crippen molar-refractivity contribution in [1.29, 1.82) is 0 Å². The molecule has 0 unspecified atom stereocenters. The van der Waals surface area contributed by atoms with E-state index in [0.717, 1.165) is 29.8 Å². The van der Waals surface area contributed by atoms with Gasteiger partial charge in [-0.25, -0.2) is 0 Å². The Morgan fingerprint density at radius 1 is 1.31 bits per heavy atom. The monoisotopic (exact) mass is 219 g/mol. The molecule has 1 fully saturated rings. The number of hydrogen-bond acceptors (Lipinski definition) is 3. The first-order valence-corrected chi connectivity index (χ1v) is 5.45. The predicted molar refractivity (Wildman–Crippen MR) is 58.7 cm³/mol. The second kappa shape index (κ2) is 3.40. The minimum absolute atomic E-state index is 0.113. The summed E-state index contributed by atoms with van der Waals surface area (Å²) in [5, 5.41) is 2.93. The van der Waals surface area contributed by atoms with E-state index in [-0.39, 0.29) is 18.6 Å². The standard InChI is InChI=1S/C12H13NO3/c1-7-4-10-11(16-6-15-10)5-9(7)13-12(14)8-2-3-8/h4-5,8H,2-3,6H2,1H3,(H,13,14). The smallest absolute Gasteiger partial charge is 0.231 e. The van der Waals surface area contributed by atoms with E-state index >= 15 is 0 Å². The van der Waals surface area contributed by atoms with Gasteiger partial charge in [0.1, 0.15) is 0 Å². The van der Waals surface area contributed by atoms with Gasteiger partial charge in [0.05, 0.1) is 0 Å². The molecule has 16 heavy (non-hydrogen) atoms. The van der Waals surface area contributed by atoms with Crippen LogP contribution >= 0.6 is 0 Å². The van der Waals surface area contributed by atoms with Crippen LogP contribution in [-0.4, -0.2) is 12.7 Å². The molecule has 1 heterocycles. The zero-order chi connectivity index (χ0) is 11.1. The van der Waals surface area contributed by atoms with Crippen molar-refractivity contribution in [2.24, 2.45) is 5.92 Å². The van der Waals surface area contributed by atoms with Crippen molar-refractivity contribution in [3.8, 4) is 11.5 Å². The number of amides is 1. The van der Waals surface area contributed by atoms with Gasteiger partial charge in [0.25, 0.3) is 0 Å². The van der Waals surface area contributed by atoms with E-state index < -0.39 is 0 Å². The Morgan fingerprint density at radius 3 is 2.69 bits per heavy atom. The number of rotatable bonds is 2. The third-order valence-corrected chi connectivity index (χ3v) is 2.93. The predicted octanol–water partition coefficient (Wildman–Crippen LogP) is 2.07. The molecule has 1 aliphatic carbocycles. The van der Waals surface area contributed by atoms with Crippen molar-refractivity contribution in [1.82, 2.24) is 0 Å². The molecule has 0 saturated heterocycles. The Hall–Kier alpha value is -1.71. The number of ether oxygens (including phenoxy) is 2. The molecule has 0 atom stereocenters. The second-order valence-electron chi connectivity index (χ2n) is 4.28. The molecule has 0 aromatic heterocycles. The van der Waals surface area contributed by atoms with Crippen LogP contribution in [0.4, 0.5) is 5.69 Å². The number of anilines is 1. The summed E-state index contributed by atoms with van der Waals surface area (Å²) in [4.78, 5) is 11.6. The third kappa shape index (κ3) is 1.60. The first kappa shape index (κ1) is 9.51. The molecule has 1 saturated carbocycles. The van der Waals surface area contributed by atoms with Gasteiger partial charge in [0, 0.05) is 17.7 Å². The SMILES string of the molecule is Cc1cc2c(cc1NC(=O)C1CC1)OCO2. The summed E-state index contributed by atoms with van der Waals surface area (Å²) >= 11 is 0. The lowest BCUT2D eigenvalue weighted by Gasteiger charge is -2.08. The molecule has 3 rings (SSSR count). The summed E-state index contributed by atoms with van der Waals surface area (Å²) in [5.74, 6) is 1.78. The molecular formula is C12H13NO3. The number of nitrogens with one attached hydrogen (secondary N) is 1. The third-order valence-electron chi connectivity index (χ3n) is 2.93. The highest BCUT2D eigenvalue weighted by atomic mass is 16.7. The number of carbonyl (C=O) groups is 1. The quantitative estimate of drug-likeness (QED) is 0.828. The molecule has 1 aliphatic heterocycles. The van der Waals surface area contributed by atoms with E-state index in [1.807, 2.05) is 19.1 Å². The lowest BCUT2D eigenvalue weighted by atomic mass is 10.1. The highest BCUT2D eigenvalue weighted by molar-refractivity contribution is 5.95. The van der Waals surface area contributed by atoms with Gasteiger partial charge in [-0.3, -0.25) is 4.79 Å². The highest BCUT2D eigenvalue weighted by Crippen LogP contribution is 2.37. The Kier molecular flexibility index (Phi) is 2.02. The normalized spacial score (nSPS) is 17.3. The average molecular weight is 219 g/mol. The van der Waals surface area contributed by atoms with Gasteiger partial charge >= 0.3 is 0 Å². The molecule has 1 aromatic carbocycles. The lowest BCUT2D eigenvalue weighted by Crippen LogP contribution is -2.14. The van der Waals surface area contributed by atoms with Gasteiger partial charge in [0.2, 0.25) is 12.7 Å². The van der Waals surface area contributed by atoms with Crippen molar-refractivity contribution in [3.63, 3.8) is 0 Å². The minimum Gasteiger partial charge on any atom is -0.454 e. The van der Waals surface area contributed by atoms with Crippen molar-refractivity contribution in [2.45, 2.75) is 19.8 Å². The first-order valence-electron chi connectivity index (χ1n) is 5.45. The number of aryl methyl sites for hydroxylation is 1. The Bertz CT molecular complexity index is 452. The first-order chi connectivity index (χ1) is 7.74. The van der Waals surface area contributed by atoms with Crippen LogP contribution in [0.15, 0.2) is 12.1 Å². The van der Waals surface area contributed by atoms with Crippen LogP contribution in [0.5, 0.6) is 11.5 Å². The molecule has 0 spiro atoms. The maximum Gasteiger partial charge on any atom is 0.231 e. The molecule has 1 aromatic rings. The van der Waals surface area contributed by atoms with Gasteiger partial charge in [-0.15, -0.1) is 0 Å². The molecule has 4 nitrogen and oxygen atoms in total. The summed E-state index contributed by atoms with van der Waals surface area (Å²) in [6.07, 6.45) is 2.02. The van der Waals surface area contributed by atoms with E-state index in [2.05, 4.69) is 5.32 Å². The van der Waals surface area contributed by atoms with Crippen LogP contribution in [0.3, 0.4) is 0 Å². The fraction of sp³-hybridized carbons (Fsp3) is 0.417. The maximum atomic E-state index is 11.6. The van der Waals surface area contributed by atoms with Crippen LogP contribution in [0.25, 0.3) is 0 Å². The molecule has 4 heteroatoms. The summed E-state index contributed by atoms with van der Waals surface area (Å²) in [7, 11) is 0. The van der Waals surface area contributed by atoms with E-state index in [1.54, 1.807) is 0 Å². The fourth-order valence-corrected chi connectivity index (χ4v) is 1.76. The van der Waals surface area contributed by atoms with Crippen LogP contribution in [0, 0.1) is 12.8 Å². The van der Waals surface area contributed by atoms with Crippen LogP contribution < -0.4 is 14.8 Å². The Labute approximate surface area is 93.5 Å². The van der Waals surface area contributed by atoms with Gasteiger partial charge in [-0.05, 0) is 31.4 Å². The molecule has 0 radical (unpaired) electrons. The van der Waals surface area contributed by atoms with Crippen molar-refractivity contribution in [3.05, 3.63) is 17.7 Å². The average Bonchev–Trinajstić information content (AvgIpc) is 3.01. The number of hydrogen-bond donors (Lipinski definition) is 1. The highest BCUT2D eigenvalue weighted by Gasteiger charge is 2.30. The topological polar surface area (TPSA) is 47.6 Å². The lowest BCUT2D eigenvalue weighted by molar-refractivity contribution is -0.117.